The van der Waals surface area contributed by atoms with E-state index >= 15 is 0 Å². The first-order valence-electron chi connectivity index (χ1n) is 6.83. The Bertz CT molecular complexity index is 383. The molecule has 1 saturated carbocycles. The lowest BCUT2D eigenvalue weighted by atomic mass is 9.86. The monoisotopic (exact) mass is 311 g/mol. The first-order chi connectivity index (χ1) is 8.66. The number of nitrogens with one attached hydrogen (secondary N) is 1. The van der Waals surface area contributed by atoms with Crippen molar-refractivity contribution in [2.45, 2.75) is 44.8 Å². The van der Waals surface area contributed by atoms with Crippen molar-refractivity contribution in [2.24, 2.45) is 5.92 Å². The number of halogens is 1. The van der Waals surface area contributed by atoms with Gasteiger partial charge in [0.05, 0.1) is 6.10 Å². The molecule has 1 fully saturated rings. The number of aliphatic hydroxyl groups is 1. The van der Waals surface area contributed by atoms with Crippen LogP contribution in [0.5, 0.6) is 0 Å². The van der Waals surface area contributed by atoms with Gasteiger partial charge in [-0.1, -0.05) is 40.9 Å². The Kier molecular flexibility index (Phi) is 5.22. The minimum Gasteiger partial charge on any atom is -0.393 e. The molecule has 0 saturated heterocycles. The van der Waals surface area contributed by atoms with Crippen LogP contribution in [0.4, 0.5) is 0 Å². The maximum absolute atomic E-state index is 9.95. The summed E-state index contributed by atoms with van der Waals surface area (Å²) in [6.07, 6.45) is 4.45. The SMILES string of the molecule is CC(NCC1CCCCC1O)c1cccc(Br)c1. The van der Waals surface area contributed by atoms with Gasteiger partial charge in [-0.05, 0) is 43.4 Å². The third kappa shape index (κ3) is 3.81. The van der Waals surface area contributed by atoms with Crippen LogP contribution >= 0.6 is 15.9 Å². The lowest BCUT2D eigenvalue weighted by Crippen LogP contribution is -2.34. The summed E-state index contributed by atoms with van der Waals surface area (Å²) in [5.41, 5.74) is 1.29. The Hall–Kier alpha value is -0.380. The van der Waals surface area contributed by atoms with Crippen LogP contribution in [0.2, 0.25) is 0 Å². The average Bonchev–Trinajstić information content (AvgIpc) is 2.37. The topological polar surface area (TPSA) is 32.3 Å². The summed E-state index contributed by atoms with van der Waals surface area (Å²) in [5, 5.41) is 13.5. The highest BCUT2D eigenvalue weighted by Crippen LogP contribution is 2.25. The maximum atomic E-state index is 9.95. The molecule has 3 heteroatoms. The number of hydrogen-bond donors (Lipinski definition) is 2. The molecular formula is C15H22BrNO. The molecule has 2 N–H and O–H groups in total. The highest BCUT2D eigenvalue weighted by atomic mass is 79.9. The van der Waals surface area contributed by atoms with Gasteiger partial charge < -0.3 is 10.4 Å². The Morgan fingerprint density at radius 3 is 2.89 bits per heavy atom. The van der Waals surface area contributed by atoms with Crippen LogP contribution in [0.15, 0.2) is 28.7 Å². The summed E-state index contributed by atoms with van der Waals surface area (Å²) in [6.45, 7) is 3.09. The predicted molar refractivity (Wildman–Crippen MR) is 78.5 cm³/mol. The number of benzene rings is 1. The maximum Gasteiger partial charge on any atom is 0.0580 e. The predicted octanol–water partition coefficient (Wildman–Crippen LogP) is 3.65. The second-order valence-electron chi connectivity index (χ2n) is 5.30. The van der Waals surface area contributed by atoms with Gasteiger partial charge in [0, 0.05) is 17.1 Å². The van der Waals surface area contributed by atoms with E-state index in [0.717, 1.165) is 23.9 Å². The Morgan fingerprint density at radius 1 is 1.39 bits per heavy atom. The second kappa shape index (κ2) is 6.69. The molecule has 0 heterocycles. The van der Waals surface area contributed by atoms with Crippen LogP contribution < -0.4 is 5.32 Å². The highest BCUT2D eigenvalue weighted by Gasteiger charge is 2.23. The lowest BCUT2D eigenvalue weighted by molar-refractivity contribution is 0.0684. The third-order valence-electron chi connectivity index (χ3n) is 3.90. The van der Waals surface area contributed by atoms with Crippen LogP contribution in [0.25, 0.3) is 0 Å². The van der Waals surface area contributed by atoms with Crippen molar-refractivity contribution in [3.63, 3.8) is 0 Å². The molecule has 100 valence electrons. The van der Waals surface area contributed by atoms with Gasteiger partial charge in [-0.2, -0.15) is 0 Å². The van der Waals surface area contributed by atoms with E-state index in [0.29, 0.717) is 12.0 Å². The van der Waals surface area contributed by atoms with E-state index in [-0.39, 0.29) is 6.10 Å². The second-order valence-corrected chi connectivity index (χ2v) is 6.21. The summed E-state index contributed by atoms with van der Waals surface area (Å²) in [5.74, 6) is 0.424. The molecule has 1 aromatic rings. The van der Waals surface area contributed by atoms with E-state index in [2.05, 4.69) is 46.4 Å². The Labute approximate surface area is 118 Å². The Balaban J connectivity index is 1.86. The average molecular weight is 312 g/mol. The summed E-state index contributed by atoms with van der Waals surface area (Å²) in [4.78, 5) is 0. The smallest absolute Gasteiger partial charge is 0.0580 e. The zero-order chi connectivity index (χ0) is 13.0. The van der Waals surface area contributed by atoms with E-state index in [1.54, 1.807) is 0 Å². The molecule has 3 unspecified atom stereocenters. The van der Waals surface area contributed by atoms with Gasteiger partial charge in [0.25, 0.3) is 0 Å². The van der Waals surface area contributed by atoms with Crippen molar-refractivity contribution in [1.29, 1.82) is 0 Å². The standard InChI is InChI=1S/C15H22BrNO/c1-11(12-6-4-7-14(16)9-12)17-10-13-5-2-3-8-15(13)18/h4,6-7,9,11,13,15,17-18H,2-3,5,8,10H2,1H3. The molecule has 0 aromatic heterocycles. The molecule has 1 aromatic carbocycles. The van der Waals surface area contributed by atoms with Crippen LogP contribution in [0.3, 0.4) is 0 Å². The van der Waals surface area contributed by atoms with Crippen molar-refractivity contribution in [2.75, 3.05) is 6.54 Å². The molecule has 18 heavy (non-hydrogen) atoms. The fourth-order valence-electron chi connectivity index (χ4n) is 2.65. The normalized spacial score (nSPS) is 25.9. The van der Waals surface area contributed by atoms with Crippen LogP contribution in [-0.2, 0) is 0 Å². The fraction of sp³-hybridized carbons (Fsp3) is 0.600. The first kappa shape index (κ1) is 14.0. The Morgan fingerprint density at radius 2 is 2.17 bits per heavy atom. The third-order valence-corrected chi connectivity index (χ3v) is 4.40. The minimum atomic E-state index is -0.110. The van der Waals surface area contributed by atoms with Crippen molar-refractivity contribution < 1.29 is 5.11 Å². The van der Waals surface area contributed by atoms with Crippen molar-refractivity contribution in [3.8, 4) is 0 Å². The molecule has 0 spiro atoms. The van der Waals surface area contributed by atoms with Crippen LogP contribution in [-0.4, -0.2) is 17.8 Å². The minimum absolute atomic E-state index is 0.110. The number of rotatable bonds is 4. The molecule has 0 bridgehead atoms. The van der Waals surface area contributed by atoms with Crippen molar-refractivity contribution in [1.82, 2.24) is 5.32 Å². The summed E-state index contributed by atoms with van der Waals surface area (Å²) < 4.78 is 1.12. The fourth-order valence-corrected chi connectivity index (χ4v) is 3.07. The molecule has 2 nitrogen and oxygen atoms in total. The van der Waals surface area contributed by atoms with Gasteiger partial charge in [0.15, 0.2) is 0 Å². The van der Waals surface area contributed by atoms with Gasteiger partial charge in [-0.15, -0.1) is 0 Å². The van der Waals surface area contributed by atoms with Gasteiger partial charge in [0.1, 0.15) is 0 Å². The summed E-state index contributed by atoms with van der Waals surface area (Å²) in [7, 11) is 0. The summed E-state index contributed by atoms with van der Waals surface area (Å²) >= 11 is 3.50. The van der Waals surface area contributed by atoms with Crippen molar-refractivity contribution >= 4 is 15.9 Å². The van der Waals surface area contributed by atoms with E-state index in [9.17, 15) is 5.11 Å². The molecule has 1 aliphatic carbocycles. The number of hydrogen-bond acceptors (Lipinski definition) is 2. The van der Waals surface area contributed by atoms with Gasteiger partial charge in [-0.25, -0.2) is 0 Å². The lowest BCUT2D eigenvalue weighted by Gasteiger charge is -2.29. The zero-order valence-corrected chi connectivity index (χ0v) is 12.5. The van der Waals surface area contributed by atoms with Crippen LogP contribution in [0, 0.1) is 5.92 Å². The molecule has 0 amide bonds. The van der Waals surface area contributed by atoms with Crippen molar-refractivity contribution in [3.05, 3.63) is 34.3 Å². The summed E-state index contributed by atoms with van der Waals surface area (Å²) in [6, 6.07) is 8.72. The number of aliphatic hydroxyl groups excluding tert-OH is 1. The highest BCUT2D eigenvalue weighted by molar-refractivity contribution is 9.10. The zero-order valence-electron chi connectivity index (χ0n) is 10.9. The largest absolute Gasteiger partial charge is 0.393 e. The van der Waals surface area contributed by atoms with Gasteiger partial charge in [0.2, 0.25) is 0 Å². The van der Waals surface area contributed by atoms with E-state index in [1.807, 2.05) is 6.07 Å². The van der Waals surface area contributed by atoms with Crippen LogP contribution in [0.1, 0.15) is 44.2 Å². The first-order valence-corrected chi connectivity index (χ1v) is 7.63. The van der Waals surface area contributed by atoms with E-state index in [4.69, 9.17) is 0 Å². The molecule has 0 radical (unpaired) electrons. The quantitative estimate of drug-likeness (QED) is 0.889. The van der Waals surface area contributed by atoms with Gasteiger partial charge in [-0.3, -0.25) is 0 Å². The molecule has 0 aliphatic heterocycles. The molecule has 1 aliphatic rings. The molecule has 2 rings (SSSR count). The molecule has 3 atom stereocenters. The van der Waals surface area contributed by atoms with E-state index in [1.165, 1.54) is 18.4 Å². The van der Waals surface area contributed by atoms with E-state index < -0.39 is 0 Å². The molecular weight excluding hydrogens is 290 g/mol. The van der Waals surface area contributed by atoms with Gasteiger partial charge >= 0.3 is 0 Å².